The second-order valence-corrected chi connectivity index (χ2v) is 6.50. The van der Waals surface area contributed by atoms with E-state index in [1.54, 1.807) is 0 Å². The van der Waals surface area contributed by atoms with Crippen molar-refractivity contribution in [3.63, 3.8) is 0 Å². The minimum absolute atomic E-state index is 0. The SMILES string of the molecule is CCOCCC1(CN=C(N)Nc2cc(C)cc(C)c2)CCC1.I. The van der Waals surface area contributed by atoms with E-state index >= 15 is 0 Å². The Balaban J connectivity index is 0.00000264. The summed E-state index contributed by atoms with van der Waals surface area (Å²) in [6.07, 6.45) is 4.86. The van der Waals surface area contributed by atoms with Gasteiger partial charge in [0.05, 0.1) is 0 Å². The Morgan fingerprint density at radius 2 is 1.91 bits per heavy atom. The van der Waals surface area contributed by atoms with Crippen molar-refractivity contribution in [2.75, 3.05) is 25.1 Å². The van der Waals surface area contributed by atoms with E-state index in [0.29, 0.717) is 11.4 Å². The van der Waals surface area contributed by atoms with Gasteiger partial charge in [-0.15, -0.1) is 24.0 Å². The van der Waals surface area contributed by atoms with Crippen LogP contribution in [-0.2, 0) is 4.74 Å². The molecule has 1 saturated carbocycles. The van der Waals surface area contributed by atoms with Crippen molar-refractivity contribution in [2.24, 2.45) is 16.1 Å². The third kappa shape index (κ3) is 6.30. The maximum atomic E-state index is 6.05. The zero-order valence-electron chi connectivity index (χ0n) is 14.5. The van der Waals surface area contributed by atoms with Gasteiger partial charge < -0.3 is 15.8 Å². The van der Waals surface area contributed by atoms with Crippen LogP contribution in [0.5, 0.6) is 0 Å². The minimum Gasteiger partial charge on any atom is -0.382 e. The Morgan fingerprint density at radius 1 is 1.26 bits per heavy atom. The van der Waals surface area contributed by atoms with Gasteiger partial charge in [0.2, 0.25) is 0 Å². The molecule has 1 aromatic carbocycles. The molecular formula is C18H30IN3O. The summed E-state index contributed by atoms with van der Waals surface area (Å²) in [5, 5.41) is 3.21. The van der Waals surface area contributed by atoms with Crippen LogP contribution in [0.2, 0.25) is 0 Å². The predicted molar refractivity (Wildman–Crippen MR) is 109 cm³/mol. The fourth-order valence-electron chi connectivity index (χ4n) is 3.08. The summed E-state index contributed by atoms with van der Waals surface area (Å²) in [5.74, 6) is 0.507. The molecule has 1 aliphatic rings. The quantitative estimate of drug-likeness (QED) is 0.294. The summed E-state index contributed by atoms with van der Waals surface area (Å²) >= 11 is 0. The average molecular weight is 431 g/mol. The smallest absolute Gasteiger partial charge is 0.193 e. The zero-order valence-corrected chi connectivity index (χ0v) is 16.9. The van der Waals surface area contributed by atoms with Crippen LogP contribution in [-0.4, -0.2) is 25.7 Å². The topological polar surface area (TPSA) is 59.6 Å². The Hall–Kier alpha value is -0.820. The average Bonchev–Trinajstić information content (AvgIpc) is 2.39. The molecule has 0 heterocycles. The molecule has 0 unspecified atom stereocenters. The van der Waals surface area contributed by atoms with Crippen LogP contribution < -0.4 is 11.1 Å². The first kappa shape index (κ1) is 20.2. The van der Waals surface area contributed by atoms with E-state index in [1.807, 2.05) is 6.92 Å². The molecule has 0 atom stereocenters. The zero-order chi connectivity index (χ0) is 16.0. The van der Waals surface area contributed by atoms with Crippen molar-refractivity contribution in [1.29, 1.82) is 0 Å². The number of hydrogen-bond donors (Lipinski definition) is 2. The standard InChI is InChI=1S/C18H29N3O.HI/c1-4-22-9-8-18(6-5-7-18)13-20-17(19)21-16-11-14(2)10-15(3)12-16;/h10-12H,4-9,13H2,1-3H3,(H3,19,20,21);1H. The number of nitrogens with one attached hydrogen (secondary N) is 1. The maximum absolute atomic E-state index is 6.05. The number of ether oxygens (including phenoxy) is 1. The van der Waals surface area contributed by atoms with Crippen LogP contribution >= 0.6 is 24.0 Å². The number of halogens is 1. The Kier molecular flexibility index (Phi) is 8.33. The van der Waals surface area contributed by atoms with Crippen LogP contribution in [0.25, 0.3) is 0 Å². The van der Waals surface area contributed by atoms with Crippen molar-refractivity contribution < 1.29 is 4.74 Å². The largest absolute Gasteiger partial charge is 0.382 e. The lowest BCUT2D eigenvalue weighted by atomic mass is 9.67. The van der Waals surface area contributed by atoms with Crippen molar-refractivity contribution in [3.8, 4) is 0 Å². The molecule has 1 fully saturated rings. The molecule has 1 aromatic rings. The molecule has 23 heavy (non-hydrogen) atoms. The maximum Gasteiger partial charge on any atom is 0.193 e. The molecule has 0 aromatic heterocycles. The normalized spacial score (nSPS) is 16.4. The van der Waals surface area contributed by atoms with E-state index in [-0.39, 0.29) is 24.0 Å². The third-order valence-electron chi connectivity index (χ3n) is 4.47. The summed E-state index contributed by atoms with van der Waals surface area (Å²) in [5.41, 5.74) is 9.82. The van der Waals surface area contributed by atoms with Crippen LogP contribution in [0, 0.1) is 19.3 Å². The molecule has 0 amide bonds. The summed E-state index contributed by atoms with van der Waals surface area (Å²) in [6.45, 7) is 8.62. The first-order valence-corrected chi connectivity index (χ1v) is 8.26. The molecule has 130 valence electrons. The summed E-state index contributed by atoms with van der Waals surface area (Å²) in [4.78, 5) is 4.58. The van der Waals surface area contributed by atoms with Crippen LogP contribution in [0.15, 0.2) is 23.2 Å². The Labute approximate surface area is 157 Å². The molecule has 5 heteroatoms. The van der Waals surface area contributed by atoms with Crippen molar-refractivity contribution >= 4 is 35.6 Å². The van der Waals surface area contributed by atoms with E-state index in [4.69, 9.17) is 10.5 Å². The minimum atomic E-state index is 0. The molecule has 0 radical (unpaired) electrons. The number of aliphatic imine (C=N–C) groups is 1. The second-order valence-electron chi connectivity index (χ2n) is 6.50. The van der Waals surface area contributed by atoms with Gasteiger partial charge in [-0.2, -0.15) is 0 Å². The van der Waals surface area contributed by atoms with Crippen LogP contribution in [0.3, 0.4) is 0 Å². The molecule has 4 nitrogen and oxygen atoms in total. The first-order valence-electron chi connectivity index (χ1n) is 8.26. The number of nitrogens with two attached hydrogens (primary N) is 1. The van der Waals surface area contributed by atoms with E-state index in [9.17, 15) is 0 Å². The van der Waals surface area contributed by atoms with E-state index in [2.05, 4.69) is 42.4 Å². The highest BCUT2D eigenvalue weighted by Gasteiger charge is 2.36. The number of nitrogens with zero attached hydrogens (tertiary/aromatic N) is 1. The molecule has 0 aliphatic heterocycles. The molecule has 0 spiro atoms. The second kappa shape index (κ2) is 9.47. The van der Waals surface area contributed by atoms with Gasteiger partial charge in [0.1, 0.15) is 0 Å². The van der Waals surface area contributed by atoms with E-state index < -0.39 is 0 Å². The monoisotopic (exact) mass is 431 g/mol. The van der Waals surface area contributed by atoms with Gasteiger partial charge in [0, 0.05) is 25.4 Å². The summed E-state index contributed by atoms with van der Waals surface area (Å²) in [7, 11) is 0. The van der Waals surface area contributed by atoms with Gasteiger partial charge in [-0.05, 0) is 68.7 Å². The number of rotatable bonds is 7. The lowest BCUT2D eigenvalue weighted by molar-refractivity contribution is 0.0610. The van der Waals surface area contributed by atoms with Gasteiger partial charge in [0.25, 0.3) is 0 Å². The van der Waals surface area contributed by atoms with E-state index in [1.165, 1.54) is 30.4 Å². The van der Waals surface area contributed by atoms with Crippen LogP contribution in [0.4, 0.5) is 5.69 Å². The number of aryl methyl sites for hydroxylation is 2. The fraction of sp³-hybridized carbons (Fsp3) is 0.611. The molecule has 2 rings (SSSR count). The number of guanidine groups is 1. The van der Waals surface area contributed by atoms with Gasteiger partial charge in [-0.3, -0.25) is 4.99 Å². The first-order chi connectivity index (χ1) is 10.5. The van der Waals surface area contributed by atoms with Crippen LogP contribution in [0.1, 0.15) is 43.7 Å². The predicted octanol–water partition coefficient (Wildman–Crippen LogP) is 4.24. The van der Waals surface area contributed by atoms with Gasteiger partial charge in [0.15, 0.2) is 5.96 Å². The van der Waals surface area contributed by atoms with E-state index in [0.717, 1.165) is 31.9 Å². The highest BCUT2D eigenvalue weighted by molar-refractivity contribution is 14.0. The molecule has 3 N–H and O–H groups in total. The lowest BCUT2D eigenvalue weighted by Crippen LogP contribution is -2.35. The van der Waals surface area contributed by atoms with Crippen molar-refractivity contribution in [2.45, 2.75) is 46.5 Å². The lowest BCUT2D eigenvalue weighted by Gasteiger charge is -2.40. The molecular weight excluding hydrogens is 401 g/mol. The van der Waals surface area contributed by atoms with Gasteiger partial charge >= 0.3 is 0 Å². The van der Waals surface area contributed by atoms with Crippen molar-refractivity contribution in [3.05, 3.63) is 29.3 Å². The van der Waals surface area contributed by atoms with Gasteiger partial charge in [-0.1, -0.05) is 12.5 Å². The Morgan fingerprint density at radius 3 is 2.43 bits per heavy atom. The molecule has 1 aliphatic carbocycles. The van der Waals surface area contributed by atoms with Crippen molar-refractivity contribution in [1.82, 2.24) is 0 Å². The fourth-order valence-corrected chi connectivity index (χ4v) is 3.08. The highest BCUT2D eigenvalue weighted by Crippen LogP contribution is 2.44. The summed E-state index contributed by atoms with van der Waals surface area (Å²) < 4.78 is 5.50. The molecule has 0 bridgehead atoms. The number of anilines is 1. The summed E-state index contributed by atoms with van der Waals surface area (Å²) in [6, 6.07) is 6.32. The number of hydrogen-bond acceptors (Lipinski definition) is 2. The Bertz CT molecular complexity index is 507. The third-order valence-corrected chi connectivity index (χ3v) is 4.47. The highest BCUT2D eigenvalue weighted by atomic mass is 127. The number of benzene rings is 1. The molecule has 0 saturated heterocycles. The van der Waals surface area contributed by atoms with Gasteiger partial charge in [-0.25, -0.2) is 0 Å².